The van der Waals surface area contributed by atoms with Crippen LogP contribution >= 0.6 is 0 Å². The summed E-state index contributed by atoms with van der Waals surface area (Å²) in [5.41, 5.74) is 3.19. The first-order valence-electron chi connectivity index (χ1n) is 10.3. The van der Waals surface area contributed by atoms with Crippen LogP contribution in [0.25, 0.3) is 0 Å². The Morgan fingerprint density at radius 3 is 2.06 bits per heavy atom. The lowest BCUT2D eigenvalue weighted by atomic mass is 10.2. The van der Waals surface area contributed by atoms with Crippen molar-refractivity contribution in [3.8, 4) is 5.75 Å². The zero-order valence-electron chi connectivity index (χ0n) is 17.6. The molecule has 3 aromatic rings. The number of nitrogens with one attached hydrogen (secondary N) is 3. The van der Waals surface area contributed by atoms with Gasteiger partial charge in [0, 0.05) is 17.8 Å². The van der Waals surface area contributed by atoms with Gasteiger partial charge in [-0.1, -0.05) is 49.4 Å². The highest BCUT2D eigenvalue weighted by Gasteiger charge is 2.07. The molecule has 6 nitrogen and oxygen atoms in total. The van der Waals surface area contributed by atoms with E-state index in [4.69, 9.17) is 4.74 Å². The summed E-state index contributed by atoms with van der Waals surface area (Å²) in [7, 11) is 0. The molecular weight excluding hydrogens is 390 g/mol. The molecular formula is C25H27N3O3. The van der Waals surface area contributed by atoms with Gasteiger partial charge in [-0.2, -0.15) is 0 Å². The van der Waals surface area contributed by atoms with E-state index in [0.717, 1.165) is 17.7 Å². The molecule has 3 aromatic carbocycles. The Morgan fingerprint density at radius 1 is 0.774 bits per heavy atom. The molecule has 160 valence electrons. The standard InChI is InChI=1S/C25H27N3O3/c1-2-8-24(29)27-20-13-15-21(16-14-20)28-25(30)17-26-22-11-6-7-12-23(22)31-18-19-9-4-3-5-10-19/h3-7,9-16,26H,2,8,17-18H2,1H3,(H,27,29)(H,28,30). The average molecular weight is 418 g/mol. The number of carbonyl (C=O) groups is 2. The molecule has 0 aromatic heterocycles. The van der Waals surface area contributed by atoms with Crippen LogP contribution in [0.5, 0.6) is 5.75 Å². The summed E-state index contributed by atoms with van der Waals surface area (Å²) in [6.07, 6.45) is 1.29. The predicted octanol–water partition coefficient (Wildman–Crippen LogP) is 5.05. The molecule has 3 N–H and O–H groups in total. The van der Waals surface area contributed by atoms with Crippen molar-refractivity contribution < 1.29 is 14.3 Å². The number of ether oxygens (including phenoxy) is 1. The molecule has 0 radical (unpaired) electrons. The summed E-state index contributed by atoms with van der Waals surface area (Å²) in [6, 6.07) is 24.5. The van der Waals surface area contributed by atoms with Gasteiger partial charge in [0.1, 0.15) is 12.4 Å². The van der Waals surface area contributed by atoms with E-state index in [1.165, 1.54) is 0 Å². The van der Waals surface area contributed by atoms with Gasteiger partial charge < -0.3 is 20.7 Å². The SMILES string of the molecule is CCCC(=O)Nc1ccc(NC(=O)CNc2ccccc2OCc2ccccc2)cc1. The number of hydrogen-bond donors (Lipinski definition) is 3. The second-order valence-electron chi connectivity index (χ2n) is 7.05. The Hall–Kier alpha value is -3.80. The molecule has 0 fully saturated rings. The van der Waals surface area contributed by atoms with Gasteiger partial charge in [-0.05, 0) is 48.4 Å². The van der Waals surface area contributed by atoms with Gasteiger partial charge in [-0.25, -0.2) is 0 Å². The van der Waals surface area contributed by atoms with E-state index in [-0.39, 0.29) is 18.4 Å². The largest absolute Gasteiger partial charge is 0.487 e. The molecule has 0 aliphatic heterocycles. The summed E-state index contributed by atoms with van der Waals surface area (Å²) < 4.78 is 5.91. The summed E-state index contributed by atoms with van der Waals surface area (Å²) in [5, 5.41) is 8.79. The minimum absolute atomic E-state index is 0.0170. The predicted molar refractivity (Wildman–Crippen MR) is 124 cm³/mol. The lowest BCUT2D eigenvalue weighted by molar-refractivity contribution is -0.116. The number of carbonyl (C=O) groups excluding carboxylic acids is 2. The third-order valence-corrected chi connectivity index (χ3v) is 4.49. The third-order valence-electron chi connectivity index (χ3n) is 4.49. The van der Waals surface area contributed by atoms with Crippen molar-refractivity contribution in [2.75, 3.05) is 22.5 Å². The fraction of sp³-hybridized carbons (Fsp3) is 0.200. The molecule has 0 aliphatic rings. The highest BCUT2D eigenvalue weighted by Crippen LogP contribution is 2.24. The minimum Gasteiger partial charge on any atom is -0.487 e. The molecule has 0 unspecified atom stereocenters. The molecule has 31 heavy (non-hydrogen) atoms. The summed E-state index contributed by atoms with van der Waals surface area (Å²) in [6.45, 7) is 2.51. The zero-order valence-corrected chi connectivity index (χ0v) is 17.6. The van der Waals surface area contributed by atoms with Crippen LogP contribution in [0.1, 0.15) is 25.3 Å². The van der Waals surface area contributed by atoms with Crippen LogP contribution in [0.4, 0.5) is 17.1 Å². The molecule has 0 spiro atoms. The van der Waals surface area contributed by atoms with E-state index in [2.05, 4.69) is 16.0 Å². The van der Waals surface area contributed by atoms with Crippen LogP contribution in [-0.2, 0) is 16.2 Å². The van der Waals surface area contributed by atoms with Crippen molar-refractivity contribution in [2.45, 2.75) is 26.4 Å². The first-order chi connectivity index (χ1) is 15.1. The summed E-state index contributed by atoms with van der Waals surface area (Å²) in [4.78, 5) is 24.0. The van der Waals surface area contributed by atoms with Crippen molar-refractivity contribution in [3.05, 3.63) is 84.4 Å². The molecule has 2 amide bonds. The fourth-order valence-electron chi connectivity index (χ4n) is 2.94. The van der Waals surface area contributed by atoms with E-state index < -0.39 is 0 Å². The van der Waals surface area contributed by atoms with Crippen molar-refractivity contribution in [2.24, 2.45) is 0 Å². The molecule has 0 saturated carbocycles. The zero-order chi connectivity index (χ0) is 21.9. The van der Waals surface area contributed by atoms with Crippen LogP contribution in [0.3, 0.4) is 0 Å². The van der Waals surface area contributed by atoms with Gasteiger partial charge >= 0.3 is 0 Å². The number of rotatable bonds is 10. The van der Waals surface area contributed by atoms with E-state index >= 15 is 0 Å². The van der Waals surface area contributed by atoms with Crippen molar-refractivity contribution in [1.29, 1.82) is 0 Å². The highest BCUT2D eigenvalue weighted by molar-refractivity contribution is 5.95. The smallest absolute Gasteiger partial charge is 0.243 e. The van der Waals surface area contributed by atoms with Crippen LogP contribution < -0.4 is 20.7 Å². The quantitative estimate of drug-likeness (QED) is 0.431. The van der Waals surface area contributed by atoms with Crippen molar-refractivity contribution in [3.63, 3.8) is 0 Å². The Balaban J connectivity index is 1.50. The van der Waals surface area contributed by atoms with Gasteiger partial charge in [0.15, 0.2) is 0 Å². The lowest BCUT2D eigenvalue weighted by Gasteiger charge is -2.13. The lowest BCUT2D eigenvalue weighted by Crippen LogP contribution is -2.22. The topological polar surface area (TPSA) is 79.5 Å². The Kier molecular flexibility index (Phi) is 8.05. The van der Waals surface area contributed by atoms with Crippen LogP contribution in [0, 0.1) is 0 Å². The number of hydrogen-bond acceptors (Lipinski definition) is 4. The minimum atomic E-state index is -0.180. The second-order valence-corrected chi connectivity index (χ2v) is 7.05. The first-order valence-corrected chi connectivity index (χ1v) is 10.3. The normalized spacial score (nSPS) is 10.2. The maximum absolute atomic E-state index is 12.3. The maximum Gasteiger partial charge on any atom is 0.243 e. The third kappa shape index (κ3) is 7.19. The Morgan fingerprint density at radius 2 is 1.39 bits per heavy atom. The number of para-hydroxylation sites is 2. The first kappa shape index (κ1) is 21.9. The Bertz CT molecular complexity index is 988. The molecule has 6 heteroatoms. The van der Waals surface area contributed by atoms with Crippen molar-refractivity contribution in [1.82, 2.24) is 0 Å². The maximum atomic E-state index is 12.3. The molecule has 0 bridgehead atoms. The summed E-state index contributed by atoms with van der Waals surface area (Å²) in [5.74, 6) is 0.489. The van der Waals surface area contributed by atoms with E-state index in [0.29, 0.717) is 30.2 Å². The molecule has 0 heterocycles. The van der Waals surface area contributed by atoms with Gasteiger partial charge in [0.05, 0.1) is 12.2 Å². The highest BCUT2D eigenvalue weighted by atomic mass is 16.5. The average Bonchev–Trinajstić information content (AvgIpc) is 2.79. The Labute approximate surface area is 182 Å². The number of anilines is 3. The summed E-state index contributed by atoms with van der Waals surface area (Å²) >= 11 is 0. The van der Waals surface area contributed by atoms with Gasteiger partial charge in [0.2, 0.25) is 11.8 Å². The molecule has 0 aliphatic carbocycles. The second kappa shape index (κ2) is 11.4. The van der Waals surface area contributed by atoms with Gasteiger partial charge in [-0.3, -0.25) is 9.59 Å². The van der Waals surface area contributed by atoms with Crippen LogP contribution in [-0.4, -0.2) is 18.4 Å². The van der Waals surface area contributed by atoms with Crippen LogP contribution in [0.2, 0.25) is 0 Å². The fourth-order valence-corrected chi connectivity index (χ4v) is 2.94. The van der Waals surface area contributed by atoms with Gasteiger partial charge in [0.25, 0.3) is 0 Å². The molecule has 0 atom stereocenters. The van der Waals surface area contributed by atoms with Crippen molar-refractivity contribution >= 4 is 28.9 Å². The monoisotopic (exact) mass is 417 g/mol. The van der Waals surface area contributed by atoms with E-state index in [1.54, 1.807) is 24.3 Å². The number of benzene rings is 3. The van der Waals surface area contributed by atoms with E-state index in [9.17, 15) is 9.59 Å². The van der Waals surface area contributed by atoms with E-state index in [1.807, 2.05) is 61.5 Å². The van der Waals surface area contributed by atoms with Gasteiger partial charge in [-0.15, -0.1) is 0 Å². The molecule has 3 rings (SSSR count). The molecule has 0 saturated heterocycles. The number of amides is 2. The van der Waals surface area contributed by atoms with Crippen LogP contribution in [0.15, 0.2) is 78.9 Å².